The van der Waals surface area contributed by atoms with Crippen molar-refractivity contribution in [3.05, 3.63) is 98.4 Å². The molecule has 2 aromatic carbocycles. The van der Waals surface area contributed by atoms with Crippen molar-refractivity contribution >= 4 is 34.8 Å². The lowest BCUT2D eigenvalue weighted by Crippen LogP contribution is -2.36. The van der Waals surface area contributed by atoms with Gasteiger partial charge in [-0.25, -0.2) is 0 Å². The molecule has 0 bridgehead atoms. The Morgan fingerprint density at radius 1 is 1.04 bits per heavy atom. The number of anilines is 1. The number of halogens is 2. The largest absolute Gasteiger partial charge is 0.310 e. The molecule has 0 spiro atoms. The van der Waals surface area contributed by atoms with E-state index in [0.717, 1.165) is 11.3 Å². The third-order valence-electron chi connectivity index (χ3n) is 4.24. The fourth-order valence-corrected chi connectivity index (χ4v) is 3.32. The second kappa shape index (κ2) is 8.42. The lowest BCUT2D eigenvalue weighted by Gasteiger charge is -2.21. The number of para-hydroxylation sites is 1. The molecule has 0 saturated carbocycles. The molecular formula is C21H18Cl2N2O2. The lowest BCUT2D eigenvalue weighted by molar-refractivity contribution is 0.0986. The Balaban J connectivity index is 1.94. The maximum absolute atomic E-state index is 13.0. The van der Waals surface area contributed by atoms with Gasteiger partial charge in [-0.3, -0.25) is 9.59 Å². The Bertz CT molecular complexity index is 1020. The Kier molecular flexibility index (Phi) is 5.99. The van der Waals surface area contributed by atoms with Gasteiger partial charge in [0.05, 0.1) is 6.54 Å². The minimum absolute atomic E-state index is 0.119. The van der Waals surface area contributed by atoms with Crippen LogP contribution >= 0.6 is 23.2 Å². The molecule has 0 fully saturated rings. The monoisotopic (exact) mass is 400 g/mol. The second-order valence-corrected chi connectivity index (χ2v) is 6.82. The quantitative estimate of drug-likeness (QED) is 0.612. The lowest BCUT2D eigenvalue weighted by atomic mass is 10.2. The van der Waals surface area contributed by atoms with Crippen molar-refractivity contribution < 1.29 is 4.79 Å². The Labute approximate surface area is 167 Å². The molecule has 1 heterocycles. The number of carbonyl (C=O) groups is 1. The van der Waals surface area contributed by atoms with Gasteiger partial charge in [0.25, 0.3) is 11.5 Å². The van der Waals surface area contributed by atoms with Gasteiger partial charge in [0, 0.05) is 28.5 Å². The van der Waals surface area contributed by atoms with Crippen molar-refractivity contribution in [2.45, 2.75) is 13.5 Å². The molecule has 0 radical (unpaired) electrons. The molecule has 0 saturated heterocycles. The van der Waals surface area contributed by atoms with E-state index in [9.17, 15) is 9.59 Å². The van der Waals surface area contributed by atoms with Crippen LogP contribution in [0.2, 0.25) is 10.0 Å². The van der Waals surface area contributed by atoms with Gasteiger partial charge in [-0.15, -0.1) is 0 Å². The van der Waals surface area contributed by atoms with E-state index in [4.69, 9.17) is 23.2 Å². The van der Waals surface area contributed by atoms with Crippen LogP contribution in [-0.2, 0) is 6.54 Å². The number of nitrogens with zero attached hydrogens (tertiary/aromatic N) is 2. The van der Waals surface area contributed by atoms with Crippen LogP contribution in [0, 0.1) is 0 Å². The molecule has 3 aromatic rings. The van der Waals surface area contributed by atoms with Crippen LogP contribution in [0.5, 0.6) is 0 Å². The van der Waals surface area contributed by atoms with Crippen LogP contribution in [0.1, 0.15) is 22.8 Å². The molecule has 6 heteroatoms. The molecule has 0 N–H and O–H groups in total. The zero-order chi connectivity index (χ0) is 19.4. The maximum atomic E-state index is 13.0. The summed E-state index contributed by atoms with van der Waals surface area (Å²) in [6.45, 7) is 2.59. The minimum atomic E-state index is -0.358. The number of rotatable bonds is 5. The number of hydrogen-bond acceptors (Lipinski definition) is 2. The van der Waals surface area contributed by atoms with Crippen molar-refractivity contribution in [1.82, 2.24) is 4.57 Å². The molecule has 0 unspecified atom stereocenters. The average Bonchev–Trinajstić information content (AvgIpc) is 2.67. The predicted octanol–water partition coefficient (Wildman–Crippen LogP) is 4.87. The first-order valence-electron chi connectivity index (χ1n) is 8.51. The van der Waals surface area contributed by atoms with Gasteiger partial charge in [-0.05, 0) is 48.9 Å². The smallest absolute Gasteiger partial charge is 0.263 e. The Morgan fingerprint density at radius 3 is 2.44 bits per heavy atom. The summed E-state index contributed by atoms with van der Waals surface area (Å²) in [4.78, 5) is 27.5. The molecule has 1 amide bonds. The summed E-state index contributed by atoms with van der Waals surface area (Å²) < 4.78 is 1.47. The van der Waals surface area contributed by atoms with E-state index in [0.29, 0.717) is 16.6 Å². The number of pyridine rings is 1. The normalized spacial score (nSPS) is 10.6. The Hall–Kier alpha value is -2.56. The zero-order valence-corrected chi connectivity index (χ0v) is 16.2. The number of hydrogen-bond donors (Lipinski definition) is 0. The third-order valence-corrected chi connectivity index (χ3v) is 4.82. The van der Waals surface area contributed by atoms with E-state index in [1.807, 2.05) is 37.3 Å². The molecule has 3 rings (SSSR count). The van der Waals surface area contributed by atoms with Crippen molar-refractivity contribution in [2.75, 3.05) is 11.4 Å². The zero-order valence-electron chi connectivity index (χ0n) is 14.7. The van der Waals surface area contributed by atoms with Gasteiger partial charge in [-0.2, -0.15) is 0 Å². The van der Waals surface area contributed by atoms with Crippen molar-refractivity contribution in [1.29, 1.82) is 0 Å². The summed E-state index contributed by atoms with van der Waals surface area (Å²) in [6, 6.07) is 17.7. The number of aromatic nitrogens is 1. The van der Waals surface area contributed by atoms with Gasteiger partial charge < -0.3 is 9.47 Å². The first-order chi connectivity index (χ1) is 13.0. The summed E-state index contributed by atoms with van der Waals surface area (Å²) >= 11 is 12.1. The standard InChI is InChI=1S/C21H18Cl2N2O2/c1-2-25(17-7-4-3-5-8-17)21(27)18-9-6-12-24(20(18)26)14-15-10-11-16(22)13-19(15)23/h3-13H,2,14H2,1H3. The van der Waals surface area contributed by atoms with Crippen LogP contribution in [0.4, 0.5) is 5.69 Å². The van der Waals surface area contributed by atoms with Crippen LogP contribution in [-0.4, -0.2) is 17.0 Å². The van der Waals surface area contributed by atoms with Gasteiger partial charge >= 0.3 is 0 Å². The summed E-state index contributed by atoms with van der Waals surface area (Å²) in [5.41, 5.74) is 1.26. The topological polar surface area (TPSA) is 42.3 Å². The fraction of sp³-hybridized carbons (Fsp3) is 0.143. The highest BCUT2D eigenvalue weighted by Crippen LogP contribution is 2.21. The van der Waals surface area contributed by atoms with E-state index < -0.39 is 0 Å². The van der Waals surface area contributed by atoms with E-state index >= 15 is 0 Å². The van der Waals surface area contributed by atoms with Crippen LogP contribution in [0.15, 0.2) is 71.7 Å². The molecule has 1 aromatic heterocycles. The molecule has 0 aliphatic carbocycles. The van der Waals surface area contributed by atoms with Gasteiger partial charge in [0.2, 0.25) is 0 Å². The molecule has 138 valence electrons. The molecule has 0 aliphatic heterocycles. The number of benzene rings is 2. The van der Waals surface area contributed by atoms with Gasteiger partial charge in [0.15, 0.2) is 0 Å². The number of carbonyl (C=O) groups excluding carboxylic acids is 1. The van der Waals surface area contributed by atoms with Crippen molar-refractivity contribution in [2.24, 2.45) is 0 Å². The highest BCUT2D eigenvalue weighted by Gasteiger charge is 2.20. The summed E-state index contributed by atoms with van der Waals surface area (Å²) in [7, 11) is 0. The van der Waals surface area contributed by atoms with Crippen molar-refractivity contribution in [3.8, 4) is 0 Å². The first-order valence-corrected chi connectivity index (χ1v) is 9.27. The van der Waals surface area contributed by atoms with E-state index in [2.05, 4.69) is 0 Å². The second-order valence-electron chi connectivity index (χ2n) is 5.98. The fourth-order valence-electron chi connectivity index (χ4n) is 2.85. The average molecular weight is 401 g/mol. The molecule has 0 aliphatic rings. The molecule has 0 atom stereocenters. The number of amides is 1. The van der Waals surface area contributed by atoms with Crippen molar-refractivity contribution in [3.63, 3.8) is 0 Å². The molecule has 4 nitrogen and oxygen atoms in total. The summed E-state index contributed by atoms with van der Waals surface area (Å²) in [6.07, 6.45) is 1.64. The van der Waals surface area contributed by atoms with Crippen LogP contribution < -0.4 is 10.5 Å². The first kappa shape index (κ1) is 19.2. The van der Waals surface area contributed by atoms with Gasteiger partial charge in [0.1, 0.15) is 5.56 Å². The van der Waals surface area contributed by atoms with E-state index in [-0.39, 0.29) is 23.6 Å². The molecular weight excluding hydrogens is 383 g/mol. The summed E-state index contributed by atoms with van der Waals surface area (Å²) in [5.74, 6) is -0.328. The third kappa shape index (κ3) is 4.24. The minimum Gasteiger partial charge on any atom is -0.310 e. The van der Waals surface area contributed by atoms with Gasteiger partial charge in [-0.1, -0.05) is 47.5 Å². The van der Waals surface area contributed by atoms with Crippen LogP contribution in [0.3, 0.4) is 0 Å². The highest BCUT2D eigenvalue weighted by molar-refractivity contribution is 6.35. The van der Waals surface area contributed by atoms with Crippen LogP contribution in [0.25, 0.3) is 0 Å². The highest BCUT2D eigenvalue weighted by atomic mass is 35.5. The summed E-state index contributed by atoms with van der Waals surface area (Å²) in [5, 5.41) is 1.01. The predicted molar refractivity (Wildman–Crippen MR) is 110 cm³/mol. The Morgan fingerprint density at radius 2 is 1.78 bits per heavy atom. The van der Waals surface area contributed by atoms with E-state index in [1.54, 1.807) is 41.4 Å². The SMILES string of the molecule is CCN(C(=O)c1cccn(Cc2ccc(Cl)cc2Cl)c1=O)c1ccccc1. The molecule has 27 heavy (non-hydrogen) atoms. The van der Waals surface area contributed by atoms with E-state index in [1.165, 1.54) is 4.57 Å². The maximum Gasteiger partial charge on any atom is 0.263 e.